The number of aryl methyl sites for hydroxylation is 1. The number of carbonyl (C=O) groups is 1. The van der Waals surface area contributed by atoms with E-state index in [2.05, 4.69) is 26.3 Å². The minimum absolute atomic E-state index is 0.489. The number of hydrogen-bond acceptors (Lipinski definition) is 3. The SMILES string of the molecule is Cn1nc2c(Br)cccc2c1NC(=O)OC(C)(C)C. The number of nitrogens with one attached hydrogen (secondary N) is 1. The number of amides is 1. The lowest BCUT2D eigenvalue weighted by Gasteiger charge is -2.19. The molecule has 1 N–H and O–H groups in total. The third-order valence-electron chi connectivity index (χ3n) is 2.43. The number of rotatable bonds is 1. The summed E-state index contributed by atoms with van der Waals surface area (Å²) in [7, 11) is 1.78. The van der Waals surface area contributed by atoms with Crippen LogP contribution in [0.4, 0.5) is 10.6 Å². The molecule has 0 atom stereocenters. The van der Waals surface area contributed by atoms with Gasteiger partial charge in [-0.1, -0.05) is 6.07 Å². The molecule has 0 aliphatic heterocycles. The van der Waals surface area contributed by atoms with Crippen LogP contribution in [0.2, 0.25) is 0 Å². The molecule has 1 heterocycles. The highest BCUT2D eigenvalue weighted by Crippen LogP contribution is 2.28. The molecular weight excluding hydrogens is 310 g/mol. The highest BCUT2D eigenvalue weighted by atomic mass is 79.9. The third-order valence-corrected chi connectivity index (χ3v) is 3.07. The Kier molecular flexibility index (Phi) is 3.54. The van der Waals surface area contributed by atoms with Crippen molar-refractivity contribution >= 4 is 38.7 Å². The Morgan fingerprint density at radius 1 is 1.42 bits per heavy atom. The predicted molar refractivity (Wildman–Crippen MR) is 78.3 cm³/mol. The summed E-state index contributed by atoms with van der Waals surface area (Å²) in [6.45, 7) is 5.47. The van der Waals surface area contributed by atoms with Gasteiger partial charge in [-0.25, -0.2) is 4.79 Å². The van der Waals surface area contributed by atoms with Gasteiger partial charge in [-0.15, -0.1) is 0 Å². The first-order chi connectivity index (χ1) is 8.78. The number of anilines is 1. The van der Waals surface area contributed by atoms with Gasteiger partial charge in [0.2, 0.25) is 0 Å². The number of nitrogens with zero attached hydrogens (tertiary/aromatic N) is 2. The Balaban J connectivity index is 2.33. The number of fused-ring (bicyclic) bond motifs is 1. The second kappa shape index (κ2) is 4.85. The average molecular weight is 326 g/mol. The number of aromatic nitrogens is 2. The van der Waals surface area contributed by atoms with Gasteiger partial charge in [0.25, 0.3) is 0 Å². The quantitative estimate of drug-likeness (QED) is 0.870. The van der Waals surface area contributed by atoms with Gasteiger partial charge in [-0.3, -0.25) is 10.00 Å². The number of carbonyl (C=O) groups excluding carboxylic acids is 1. The van der Waals surface area contributed by atoms with Gasteiger partial charge in [0.15, 0.2) is 0 Å². The minimum atomic E-state index is -0.529. The van der Waals surface area contributed by atoms with Crippen molar-refractivity contribution in [3.63, 3.8) is 0 Å². The van der Waals surface area contributed by atoms with Crippen molar-refractivity contribution in [1.29, 1.82) is 0 Å². The van der Waals surface area contributed by atoms with E-state index in [1.165, 1.54) is 0 Å². The number of hydrogen-bond donors (Lipinski definition) is 1. The van der Waals surface area contributed by atoms with Crippen molar-refractivity contribution < 1.29 is 9.53 Å². The molecule has 0 spiro atoms. The van der Waals surface area contributed by atoms with Crippen LogP contribution in [0.5, 0.6) is 0 Å². The van der Waals surface area contributed by atoms with Gasteiger partial charge in [-0.2, -0.15) is 5.10 Å². The smallest absolute Gasteiger partial charge is 0.413 e. The summed E-state index contributed by atoms with van der Waals surface area (Å²) < 4.78 is 7.75. The van der Waals surface area contributed by atoms with E-state index >= 15 is 0 Å². The van der Waals surface area contributed by atoms with Crippen LogP contribution in [0.3, 0.4) is 0 Å². The maximum absolute atomic E-state index is 11.8. The van der Waals surface area contributed by atoms with Crippen molar-refractivity contribution in [2.24, 2.45) is 7.05 Å². The monoisotopic (exact) mass is 325 g/mol. The normalized spacial score (nSPS) is 11.6. The van der Waals surface area contributed by atoms with Crippen molar-refractivity contribution in [2.75, 3.05) is 5.32 Å². The molecular formula is C13H16BrN3O2. The van der Waals surface area contributed by atoms with Crippen LogP contribution < -0.4 is 5.32 Å². The first kappa shape index (κ1) is 13.9. The van der Waals surface area contributed by atoms with Crippen LogP contribution in [0.25, 0.3) is 10.9 Å². The zero-order valence-corrected chi connectivity index (χ0v) is 12.9. The molecule has 0 radical (unpaired) electrons. The van der Waals surface area contributed by atoms with Crippen LogP contribution >= 0.6 is 15.9 Å². The van der Waals surface area contributed by atoms with Gasteiger partial charge in [0.05, 0.1) is 0 Å². The fraction of sp³-hybridized carbons (Fsp3) is 0.385. The Morgan fingerprint density at radius 2 is 2.11 bits per heavy atom. The van der Waals surface area contributed by atoms with Crippen molar-refractivity contribution in [2.45, 2.75) is 26.4 Å². The molecule has 102 valence electrons. The summed E-state index contributed by atoms with van der Waals surface area (Å²) in [5.74, 6) is 0.616. The summed E-state index contributed by atoms with van der Waals surface area (Å²) in [6, 6.07) is 5.71. The molecule has 0 unspecified atom stereocenters. The van der Waals surface area contributed by atoms with Crippen molar-refractivity contribution in [1.82, 2.24) is 9.78 Å². The van der Waals surface area contributed by atoms with Crippen molar-refractivity contribution in [3.05, 3.63) is 22.7 Å². The van der Waals surface area contributed by atoms with Crippen LogP contribution in [-0.4, -0.2) is 21.5 Å². The van der Waals surface area contributed by atoms with E-state index in [1.807, 2.05) is 39.0 Å². The summed E-state index contributed by atoms with van der Waals surface area (Å²) in [5.41, 5.74) is 0.273. The van der Waals surface area contributed by atoms with Crippen LogP contribution in [0.15, 0.2) is 22.7 Å². The highest BCUT2D eigenvalue weighted by molar-refractivity contribution is 9.10. The Bertz CT molecular complexity index is 629. The Morgan fingerprint density at radius 3 is 2.74 bits per heavy atom. The third kappa shape index (κ3) is 3.07. The average Bonchev–Trinajstić information content (AvgIpc) is 2.55. The zero-order chi connectivity index (χ0) is 14.2. The lowest BCUT2D eigenvalue weighted by molar-refractivity contribution is 0.0635. The molecule has 0 saturated heterocycles. The molecule has 2 rings (SSSR count). The Hall–Kier alpha value is -1.56. The van der Waals surface area contributed by atoms with Crippen molar-refractivity contribution in [3.8, 4) is 0 Å². The molecule has 1 aromatic heterocycles. The number of ether oxygens (including phenoxy) is 1. The predicted octanol–water partition coefficient (Wildman–Crippen LogP) is 3.68. The summed E-state index contributed by atoms with van der Waals surface area (Å²) in [5, 5.41) is 7.96. The van der Waals surface area contributed by atoms with E-state index in [-0.39, 0.29) is 0 Å². The topological polar surface area (TPSA) is 56.2 Å². The molecule has 6 heteroatoms. The lowest BCUT2D eigenvalue weighted by atomic mass is 10.2. The first-order valence-corrected chi connectivity index (χ1v) is 6.68. The molecule has 0 saturated carbocycles. The number of benzene rings is 1. The largest absolute Gasteiger partial charge is 0.444 e. The van der Waals surface area contributed by atoms with Crippen LogP contribution in [0, 0.1) is 0 Å². The van der Waals surface area contributed by atoms with E-state index in [9.17, 15) is 4.79 Å². The zero-order valence-electron chi connectivity index (χ0n) is 11.3. The van der Waals surface area contributed by atoms with Gasteiger partial charge >= 0.3 is 6.09 Å². The van der Waals surface area contributed by atoms with E-state index in [4.69, 9.17) is 4.74 Å². The maximum Gasteiger partial charge on any atom is 0.413 e. The van der Waals surface area contributed by atoms with E-state index in [0.29, 0.717) is 5.82 Å². The minimum Gasteiger partial charge on any atom is -0.444 e. The second-order valence-electron chi connectivity index (χ2n) is 5.24. The Labute approximate surface area is 120 Å². The number of halogens is 1. The van der Waals surface area contributed by atoms with Crippen LogP contribution in [-0.2, 0) is 11.8 Å². The standard InChI is InChI=1S/C13H16BrN3O2/c1-13(2,3)19-12(18)15-11-8-6-5-7-9(14)10(8)16-17(11)4/h5-7H,1-4H3,(H,15,18). The lowest BCUT2D eigenvalue weighted by Crippen LogP contribution is -2.27. The molecule has 0 aliphatic carbocycles. The van der Waals surface area contributed by atoms with Gasteiger partial charge in [0, 0.05) is 16.9 Å². The molecule has 5 nitrogen and oxygen atoms in total. The van der Waals surface area contributed by atoms with Gasteiger partial charge in [0.1, 0.15) is 16.9 Å². The molecule has 2 aromatic rings. The molecule has 19 heavy (non-hydrogen) atoms. The summed E-state index contributed by atoms with van der Waals surface area (Å²) in [6.07, 6.45) is -0.489. The maximum atomic E-state index is 11.8. The van der Waals surface area contributed by atoms with Gasteiger partial charge in [-0.05, 0) is 48.8 Å². The molecule has 0 aliphatic rings. The van der Waals surface area contributed by atoms with E-state index < -0.39 is 11.7 Å². The highest BCUT2D eigenvalue weighted by Gasteiger charge is 2.19. The van der Waals surface area contributed by atoms with E-state index in [1.54, 1.807) is 11.7 Å². The van der Waals surface area contributed by atoms with Crippen LogP contribution in [0.1, 0.15) is 20.8 Å². The first-order valence-electron chi connectivity index (χ1n) is 5.89. The molecule has 1 aromatic carbocycles. The summed E-state index contributed by atoms with van der Waals surface area (Å²) in [4.78, 5) is 11.8. The fourth-order valence-electron chi connectivity index (χ4n) is 1.73. The molecule has 0 fully saturated rings. The van der Waals surface area contributed by atoms with E-state index in [0.717, 1.165) is 15.4 Å². The van der Waals surface area contributed by atoms with Gasteiger partial charge < -0.3 is 4.74 Å². The molecule has 1 amide bonds. The molecule has 0 bridgehead atoms. The fourth-order valence-corrected chi connectivity index (χ4v) is 2.18. The second-order valence-corrected chi connectivity index (χ2v) is 6.09. The summed E-state index contributed by atoms with van der Waals surface area (Å²) >= 11 is 3.44.